The average Bonchev–Trinajstić information content (AvgIpc) is 3.62. The van der Waals surface area contributed by atoms with Gasteiger partial charge < -0.3 is 20.1 Å². The number of hydrogen-bond acceptors (Lipinski definition) is 9. The molecule has 0 aromatic carbocycles. The molecule has 1 saturated heterocycles. The lowest BCUT2D eigenvalue weighted by Crippen LogP contribution is -2.52. The number of nitrogens with zero attached hydrogens (tertiary/aromatic N) is 5. The van der Waals surface area contributed by atoms with Crippen LogP contribution >= 0.6 is 0 Å². The highest BCUT2D eigenvalue weighted by Gasteiger charge is 2.57. The number of nitrogen functional groups attached to an aromatic ring is 1. The van der Waals surface area contributed by atoms with Crippen molar-refractivity contribution in [2.45, 2.75) is 44.9 Å². The highest BCUT2D eigenvalue weighted by atomic mass is 16.5. The standard InChI is InChI=1S/C27H32N6O3/c28-14-19-8-20(19)16-36-26-31-21(22(34)13-27-10-18(11-27)12-27)9-24(32-26)33-6-3-17(4-7-33)15-35-23-2-1-5-30-25(23)29/h1-2,5,9,17-20H,3-4,6-8,10-13,15-16H2,(H2,29,30)/t18?,19-,20+,27?/m1/s1. The van der Waals surface area contributed by atoms with Gasteiger partial charge in [0.15, 0.2) is 17.4 Å². The van der Waals surface area contributed by atoms with Crippen molar-refractivity contribution in [1.82, 2.24) is 15.0 Å². The minimum absolute atomic E-state index is 0.0572. The van der Waals surface area contributed by atoms with E-state index in [4.69, 9.17) is 20.5 Å². The Morgan fingerprint density at radius 1 is 1.19 bits per heavy atom. The van der Waals surface area contributed by atoms with E-state index >= 15 is 0 Å². The SMILES string of the molecule is N#C[C@H]1C[C@H]1COc1nc(C(=O)CC23CC(C2)C3)cc(N2CCC(COc3cccnc3N)CC2)n1. The molecular weight excluding hydrogens is 456 g/mol. The van der Waals surface area contributed by atoms with E-state index in [1.165, 1.54) is 19.3 Å². The number of aromatic nitrogens is 3. The van der Waals surface area contributed by atoms with Gasteiger partial charge in [-0.25, -0.2) is 4.98 Å². The number of hydrogen-bond donors (Lipinski definition) is 1. The fourth-order valence-electron chi connectivity index (χ4n) is 5.92. The van der Waals surface area contributed by atoms with Crippen LogP contribution in [0.3, 0.4) is 0 Å². The molecule has 2 aromatic rings. The average molecular weight is 489 g/mol. The van der Waals surface area contributed by atoms with Gasteiger partial charge in [-0.2, -0.15) is 15.2 Å². The van der Waals surface area contributed by atoms with Gasteiger partial charge in [0.1, 0.15) is 11.5 Å². The minimum Gasteiger partial charge on any atom is -0.489 e. The molecule has 0 radical (unpaired) electrons. The van der Waals surface area contributed by atoms with Crippen molar-refractivity contribution in [2.24, 2.45) is 29.1 Å². The number of carbonyl (C=O) groups is 1. The second-order valence-corrected chi connectivity index (χ2v) is 11.1. The van der Waals surface area contributed by atoms with Crippen LogP contribution in [0.2, 0.25) is 0 Å². The lowest BCUT2D eigenvalue weighted by molar-refractivity contribution is -0.103. The fourth-order valence-corrected chi connectivity index (χ4v) is 5.92. The van der Waals surface area contributed by atoms with E-state index < -0.39 is 0 Å². The first-order valence-corrected chi connectivity index (χ1v) is 13.0. The van der Waals surface area contributed by atoms with Crippen molar-refractivity contribution in [3.63, 3.8) is 0 Å². The summed E-state index contributed by atoms with van der Waals surface area (Å²) in [5.74, 6) is 3.38. The van der Waals surface area contributed by atoms with Crippen molar-refractivity contribution in [2.75, 3.05) is 36.9 Å². The van der Waals surface area contributed by atoms with Crippen molar-refractivity contribution >= 4 is 17.4 Å². The molecule has 0 unspecified atom stereocenters. The topological polar surface area (TPSA) is 127 Å². The number of nitrogens with two attached hydrogens (primary N) is 1. The summed E-state index contributed by atoms with van der Waals surface area (Å²) in [5, 5.41) is 9.08. The van der Waals surface area contributed by atoms with Gasteiger partial charge in [-0.05, 0) is 67.9 Å². The monoisotopic (exact) mass is 488 g/mol. The summed E-state index contributed by atoms with van der Waals surface area (Å²) in [5.41, 5.74) is 6.56. The van der Waals surface area contributed by atoms with Gasteiger partial charge in [0.2, 0.25) is 0 Å². The molecule has 0 amide bonds. The van der Waals surface area contributed by atoms with Crippen LogP contribution in [0, 0.1) is 40.4 Å². The number of Topliss-reactive ketones (excluding diaryl/α,β-unsaturated/α-hetero) is 1. The maximum absolute atomic E-state index is 13.2. The van der Waals surface area contributed by atoms with E-state index in [0.29, 0.717) is 42.8 Å². The predicted octanol–water partition coefficient (Wildman–Crippen LogP) is 3.66. The van der Waals surface area contributed by atoms with Crippen LogP contribution in [-0.2, 0) is 0 Å². The highest BCUT2D eigenvalue weighted by Crippen LogP contribution is 2.66. The Labute approximate surface area is 211 Å². The first-order valence-electron chi connectivity index (χ1n) is 13.0. The van der Waals surface area contributed by atoms with Crippen LogP contribution in [0.25, 0.3) is 0 Å². The lowest BCUT2D eigenvalue weighted by Gasteiger charge is -2.61. The summed E-state index contributed by atoms with van der Waals surface area (Å²) >= 11 is 0. The molecule has 2 atom stereocenters. The molecular formula is C27H32N6O3. The Morgan fingerprint density at radius 3 is 2.67 bits per heavy atom. The van der Waals surface area contributed by atoms with Gasteiger partial charge in [0.05, 0.1) is 25.2 Å². The maximum atomic E-state index is 13.2. The summed E-state index contributed by atoms with van der Waals surface area (Å²) < 4.78 is 11.8. The molecule has 2 bridgehead atoms. The van der Waals surface area contributed by atoms with Crippen LogP contribution in [0.15, 0.2) is 24.4 Å². The van der Waals surface area contributed by atoms with E-state index in [2.05, 4.69) is 25.9 Å². The number of nitriles is 1. The summed E-state index contributed by atoms with van der Waals surface area (Å²) in [6.45, 7) is 2.63. The molecule has 1 aliphatic heterocycles. The number of anilines is 2. The summed E-state index contributed by atoms with van der Waals surface area (Å²) in [6, 6.07) is 8.02. The van der Waals surface area contributed by atoms with E-state index in [9.17, 15) is 4.79 Å². The van der Waals surface area contributed by atoms with E-state index in [1.807, 2.05) is 18.2 Å². The maximum Gasteiger partial charge on any atom is 0.319 e. The molecule has 188 valence electrons. The number of carbonyl (C=O) groups excluding carboxylic acids is 1. The molecule has 9 heteroatoms. The third-order valence-electron chi connectivity index (χ3n) is 8.41. The molecule has 0 spiro atoms. The van der Waals surface area contributed by atoms with E-state index in [1.54, 1.807) is 6.20 Å². The summed E-state index contributed by atoms with van der Waals surface area (Å²) in [6.07, 6.45) is 8.49. The predicted molar refractivity (Wildman–Crippen MR) is 133 cm³/mol. The number of ether oxygens (including phenoxy) is 2. The van der Waals surface area contributed by atoms with Gasteiger partial charge >= 0.3 is 6.01 Å². The third-order valence-corrected chi connectivity index (χ3v) is 8.41. The van der Waals surface area contributed by atoms with Crippen molar-refractivity contribution < 1.29 is 14.3 Å². The highest BCUT2D eigenvalue weighted by molar-refractivity contribution is 5.95. The number of pyridine rings is 1. The molecule has 2 N–H and O–H groups in total. The Morgan fingerprint density at radius 2 is 2.00 bits per heavy atom. The zero-order chi connectivity index (χ0) is 24.7. The van der Waals surface area contributed by atoms with Gasteiger partial charge in [0.25, 0.3) is 0 Å². The minimum atomic E-state index is 0.0572. The van der Waals surface area contributed by atoms with Gasteiger partial charge in [-0.15, -0.1) is 0 Å². The Kier molecular flexibility index (Phi) is 5.90. The van der Waals surface area contributed by atoms with Crippen LogP contribution in [0.5, 0.6) is 11.8 Å². The lowest BCUT2D eigenvalue weighted by atomic mass is 9.43. The first kappa shape index (κ1) is 23.0. The Hall–Kier alpha value is -3.41. The van der Waals surface area contributed by atoms with Crippen LogP contribution in [0.1, 0.15) is 55.4 Å². The second-order valence-electron chi connectivity index (χ2n) is 11.1. The third kappa shape index (κ3) is 4.69. The fraction of sp³-hybridized carbons (Fsp3) is 0.593. The summed E-state index contributed by atoms with van der Waals surface area (Å²) in [7, 11) is 0. The van der Waals surface area contributed by atoms with Crippen molar-refractivity contribution in [3.8, 4) is 17.8 Å². The Bertz CT molecular complexity index is 1170. The zero-order valence-corrected chi connectivity index (χ0v) is 20.4. The Balaban J connectivity index is 1.11. The van der Waals surface area contributed by atoms with Gasteiger partial charge in [-0.3, -0.25) is 4.79 Å². The smallest absolute Gasteiger partial charge is 0.319 e. The molecule has 5 fully saturated rings. The molecule has 7 rings (SSSR count). The molecule has 4 saturated carbocycles. The van der Waals surface area contributed by atoms with E-state index in [-0.39, 0.29) is 29.0 Å². The van der Waals surface area contributed by atoms with E-state index in [0.717, 1.165) is 44.1 Å². The van der Waals surface area contributed by atoms with Crippen LogP contribution in [0.4, 0.5) is 11.6 Å². The number of rotatable bonds is 10. The normalized spacial score (nSPS) is 28.4. The van der Waals surface area contributed by atoms with Gasteiger partial charge in [0, 0.05) is 37.7 Å². The molecule has 3 heterocycles. The molecule has 9 nitrogen and oxygen atoms in total. The summed E-state index contributed by atoms with van der Waals surface area (Å²) in [4.78, 5) is 28.6. The van der Waals surface area contributed by atoms with Crippen LogP contribution in [-0.4, -0.2) is 47.0 Å². The number of piperidine rings is 1. The molecule has 2 aromatic heterocycles. The van der Waals surface area contributed by atoms with Crippen LogP contribution < -0.4 is 20.1 Å². The largest absolute Gasteiger partial charge is 0.489 e. The van der Waals surface area contributed by atoms with Crippen molar-refractivity contribution in [3.05, 3.63) is 30.1 Å². The molecule has 4 aliphatic carbocycles. The zero-order valence-electron chi connectivity index (χ0n) is 20.4. The van der Waals surface area contributed by atoms with Crippen molar-refractivity contribution in [1.29, 1.82) is 5.26 Å². The molecule has 36 heavy (non-hydrogen) atoms. The van der Waals surface area contributed by atoms with Gasteiger partial charge in [-0.1, -0.05) is 0 Å². The first-order chi connectivity index (χ1) is 17.5. The second kappa shape index (κ2) is 9.23. The number of ketones is 1. The molecule has 5 aliphatic rings. The quantitative estimate of drug-likeness (QED) is 0.498.